The zero-order valence-corrected chi connectivity index (χ0v) is 15.8. The number of fused-ring (bicyclic) bond motifs is 1. The van der Waals surface area contributed by atoms with Crippen LogP contribution in [-0.2, 0) is 16.1 Å². The van der Waals surface area contributed by atoms with Crippen LogP contribution in [0.5, 0.6) is 5.75 Å². The summed E-state index contributed by atoms with van der Waals surface area (Å²) in [6.07, 6.45) is -0.201. The first-order valence-electron chi connectivity index (χ1n) is 8.90. The van der Waals surface area contributed by atoms with Crippen LogP contribution < -0.4 is 10.9 Å². The number of phenols is 1. The summed E-state index contributed by atoms with van der Waals surface area (Å²) in [6.45, 7) is 1.24. The van der Waals surface area contributed by atoms with E-state index >= 15 is 0 Å². The molecule has 0 aliphatic heterocycles. The van der Waals surface area contributed by atoms with E-state index in [0.717, 1.165) is 12.1 Å². The molecule has 1 aromatic heterocycles. The molecular weight excluding hydrogens is 400 g/mol. The summed E-state index contributed by atoms with van der Waals surface area (Å²) >= 11 is 0. The fourth-order valence-electron chi connectivity index (χ4n) is 2.81. The summed E-state index contributed by atoms with van der Waals surface area (Å²) in [5.41, 5.74) is -0.0209. The van der Waals surface area contributed by atoms with Gasteiger partial charge in [0.05, 0.1) is 12.0 Å². The van der Waals surface area contributed by atoms with Crippen LogP contribution in [0.3, 0.4) is 0 Å². The zero-order valence-electron chi connectivity index (χ0n) is 15.8. The van der Waals surface area contributed by atoms with Crippen molar-refractivity contribution in [2.24, 2.45) is 0 Å². The van der Waals surface area contributed by atoms with E-state index in [1.54, 1.807) is 13.0 Å². The van der Waals surface area contributed by atoms with Crippen LogP contribution in [0, 0.1) is 18.6 Å². The number of esters is 1. The molecule has 0 saturated carbocycles. The van der Waals surface area contributed by atoms with Crippen LogP contribution in [0.4, 0.5) is 8.78 Å². The van der Waals surface area contributed by atoms with E-state index in [4.69, 9.17) is 9.15 Å². The molecule has 1 amide bonds. The maximum absolute atomic E-state index is 13.6. The number of nitrogens with one attached hydrogen (secondary N) is 1. The molecule has 0 radical (unpaired) electrons. The van der Waals surface area contributed by atoms with Crippen molar-refractivity contribution in [3.63, 3.8) is 0 Å². The minimum atomic E-state index is -1.01. The van der Waals surface area contributed by atoms with Crippen molar-refractivity contribution in [1.29, 1.82) is 0 Å². The fraction of sp³-hybridized carbons (Fsp3) is 0.190. The molecule has 30 heavy (non-hydrogen) atoms. The number of phenolic OH excluding ortho intramolecular Hbond substituents is 1. The Hall–Kier alpha value is -3.75. The first kappa shape index (κ1) is 21.0. The number of hydrogen-bond donors (Lipinski definition) is 2. The Labute approximate surface area is 168 Å². The highest BCUT2D eigenvalue weighted by Gasteiger charge is 2.14. The predicted molar refractivity (Wildman–Crippen MR) is 102 cm³/mol. The Morgan fingerprint density at radius 2 is 1.93 bits per heavy atom. The normalized spacial score (nSPS) is 10.8. The molecule has 0 fully saturated rings. The van der Waals surface area contributed by atoms with Crippen LogP contribution in [0.2, 0.25) is 0 Å². The lowest BCUT2D eigenvalue weighted by atomic mass is 10.1. The van der Waals surface area contributed by atoms with Gasteiger partial charge in [0, 0.05) is 35.2 Å². The van der Waals surface area contributed by atoms with Crippen LogP contribution in [0.15, 0.2) is 45.6 Å². The number of rotatable bonds is 6. The molecule has 7 nitrogen and oxygen atoms in total. The van der Waals surface area contributed by atoms with Crippen molar-refractivity contribution in [2.45, 2.75) is 20.0 Å². The van der Waals surface area contributed by atoms with Gasteiger partial charge in [-0.25, -0.2) is 13.6 Å². The summed E-state index contributed by atoms with van der Waals surface area (Å²) in [6, 6.07) is 6.71. The molecule has 2 N–H and O–H groups in total. The van der Waals surface area contributed by atoms with Gasteiger partial charge in [-0.2, -0.15) is 0 Å². The molecule has 0 bridgehead atoms. The Kier molecular flexibility index (Phi) is 6.10. The first-order chi connectivity index (χ1) is 14.3. The molecule has 0 atom stereocenters. The Bertz CT molecular complexity index is 1190. The summed E-state index contributed by atoms with van der Waals surface area (Å²) in [4.78, 5) is 35.6. The lowest BCUT2D eigenvalue weighted by Crippen LogP contribution is -2.27. The smallest absolute Gasteiger partial charge is 0.336 e. The SMILES string of the molecule is Cc1c(O)ccc2c(COC(=O)CCNC(=O)c3ccc(F)cc3F)cc(=O)oc12. The van der Waals surface area contributed by atoms with Gasteiger partial charge in [-0.1, -0.05) is 0 Å². The molecule has 156 valence electrons. The fourth-order valence-corrected chi connectivity index (χ4v) is 2.81. The third-order valence-corrected chi connectivity index (χ3v) is 4.40. The molecule has 9 heteroatoms. The molecule has 0 saturated heterocycles. The second-order valence-electron chi connectivity index (χ2n) is 6.47. The van der Waals surface area contributed by atoms with E-state index in [2.05, 4.69) is 5.32 Å². The van der Waals surface area contributed by atoms with E-state index in [-0.39, 0.29) is 36.5 Å². The van der Waals surface area contributed by atoms with Gasteiger partial charge >= 0.3 is 11.6 Å². The maximum atomic E-state index is 13.6. The van der Waals surface area contributed by atoms with Crippen LogP contribution >= 0.6 is 0 Å². The van der Waals surface area contributed by atoms with E-state index in [0.29, 0.717) is 22.6 Å². The summed E-state index contributed by atoms with van der Waals surface area (Å²) in [5.74, 6) is -3.30. The Morgan fingerprint density at radius 3 is 2.67 bits per heavy atom. The van der Waals surface area contributed by atoms with Gasteiger partial charge < -0.3 is 19.6 Å². The van der Waals surface area contributed by atoms with Gasteiger partial charge in [0.25, 0.3) is 5.91 Å². The largest absolute Gasteiger partial charge is 0.508 e. The van der Waals surface area contributed by atoms with Gasteiger partial charge in [0.2, 0.25) is 0 Å². The molecule has 3 aromatic rings. The van der Waals surface area contributed by atoms with Crippen molar-refractivity contribution >= 4 is 22.8 Å². The van der Waals surface area contributed by atoms with Crippen molar-refractivity contribution in [1.82, 2.24) is 5.32 Å². The highest BCUT2D eigenvalue weighted by molar-refractivity contribution is 5.94. The predicted octanol–water partition coefficient (Wildman–Crippen LogP) is 2.95. The number of carbonyl (C=O) groups excluding carboxylic acids is 2. The highest BCUT2D eigenvalue weighted by atomic mass is 19.1. The number of hydrogen-bond acceptors (Lipinski definition) is 6. The number of carbonyl (C=O) groups is 2. The van der Waals surface area contributed by atoms with Gasteiger partial charge in [-0.05, 0) is 31.2 Å². The number of ether oxygens (including phenoxy) is 1. The highest BCUT2D eigenvalue weighted by Crippen LogP contribution is 2.27. The molecule has 3 rings (SSSR count). The molecular formula is C21H17F2NO6. The van der Waals surface area contributed by atoms with Gasteiger partial charge in [-0.15, -0.1) is 0 Å². The lowest BCUT2D eigenvalue weighted by Gasteiger charge is -2.10. The molecule has 2 aromatic carbocycles. The van der Waals surface area contributed by atoms with Crippen LogP contribution in [-0.4, -0.2) is 23.5 Å². The van der Waals surface area contributed by atoms with Crippen molar-refractivity contribution in [3.8, 4) is 5.75 Å². The average Bonchev–Trinajstić information content (AvgIpc) is 2.69. The van der Waals surface area contributed by atoms with Crippen molar-refractivity contribution in [3.05, 3.63) is 75.1 Å². The standard InChI is InChI=1S/C21H17F2NO6/c1-11-17(25)5-4-14-12(8-19(27)30-20(11)14)10-29-18(26)6-7-24-21(28)15-3-2-13(22)9-16(15)23/h2-5,8-9,25H,6-7,10H2,1H3,(H,24,28). The second-order valence-corrected chi connectivity index (χ2v) is 6.47. The number of aromatic hydroxyl groups is 1. The monoisotopic (exact) mass is 417 g/mol. The van der Waals surface area contributed by atoms with Gasteiger partial charge in [0.15, 0.2) is 0 Å². The first-order valence-corrected chi connectivity index (χ1v) is 8.90. The van der Waals surface area contributed by atoms with Crippen molar-refractivity contribution in [2.75, 3.05) is 6.54 Å². The van der Waals surface area contributed by atoms with E-state index in [1.807, 2.05) is 0 Å². The summed E-state index contributed by atoms with van der Waals surface area (Å²) in [7, 11) is 0. The minimum absolute atomic E-state index is 0.0341. The van der Waals surface area contributed by atoms with Crippen LogP contribution in [0.25, 0.3) is 11.0 Å². The molecule has 0 aliphatic carbocycles. The summed E-state index contributed by atoms with van der Waals surface area (Å²) < 4.78 is 36.7. The van der Waals surface area contributed by atoms with Gasteiger partial charge in [-0.3, -0.25) is 9.59 Å². The number of aryl methyl sites for hydroxylation is 1. The number of benzene rings is 2. The molecule has 0 unspecified atom stereocenters. The molecule has 1 heterocycles. The topological polar surface area (TPSA) is 106 Å². The molecule has 0 aliphatic rings. The number of amides is 1. The zero-order chi connectivity index (χ0) is 21.8. The van der Waals surface area contributed by atoms with Gasteiger partial charge in [0.1, 0.15) is 29.6 Å². The van der Waals surface area contributed by atoms with E-state index in [1.165, 1.54) is 12.1 Å². The summed E-state index contributed by atoms with van der Waals surface area (Å²) in [5, 5.41) is 12.6. The van der Waals surface area contributed by atoms with E-state index in [9.17, 15) is 28.3 Å². The van der Waals surface area contributed by atoms with Crippen LogP contribution in [0.1, 0.15) is 27.9 Å². The minimum Gasteiger partial charge on any atom is -0.508 e. The second kappa shape index (κ2) is 8.73. The lowest BCUT2D eigenvalue weighted by molar-refractivity contribution is -0.144. The third-order valence-electron chi connectivity index (χ3n) is 4.40. The maximum Gasteiger partial charge on any atom is 0.336 e. The quantitative estimate of drug-likeness (QED) is 0.472. The Balaban J connectivity index is 1.58. The van der Waals surface area contributed by atoms with E-state index < -0.39 is 29.1 Å². The Morgan fingerprint density at radius 1 is 1.17 bits per heavy atom. The average molecular weight is 417 g/mol. The third kappa shape index (κ3) is 4.62. The van der Waals surface area contributed by atoms with Crippen molar-refractivity contribution < 1.29 is 32.6 Å². The molecule has 0 spiro atoms. The number of halogens is 2.